The summed E-state index contributed by atoms with van der Waals surface area (Å²) in [6.45, 7) is 0.593. The van der Waals surface area contributed by atoms with Gasteiger partial charge in [-0.1, -0.05) is 0 Å². The fourth-order valence-corrected chi connectivity index (χ4v) is 1.78. The summed E-state index contributed by atoms with van der Waals surface area (Å²) in [5, 5.41) is 0. The quantitative estimate of drug-likeness (QED) is 0.889. The molecule has 2 rings (SSSR count). The van der Waals surface area contributed by atoms with Crippen LogP contribution >= 0.6 is 0 Å². The Morgan fingerprint density at radius 3 is 2.71 bits per heavy atom. The van der Waals surface area contributed by atoms with E-state index in [1.807, 2.05) is 0 Å². The Morgan fingerprint density at radius 1 is 1.41 bits per heavy atom. The zero-order chi connectivity index (χ0) is 12.5. The van der Waals surface area contributed by atoms with Crippen molar-refractivity contribution in [1.82, 2.24) is 4.98 Å². The van der Waals surface area contributed by atoms with E-state index < -0.39 is 11.7 Å². The Balaban J connectivity index is 1.98. The molecule has 6 heteroatoms. The van der Waals surface area contributed by atoms with Crippen LogP contribution in [-0.2, 0) is 6.18 Å². The lowest BCUT2D eigenvalue weighted by atomic mass is 9.82. The van der Waals surface area contributed by atoms with Crippen molar-refractivity contribution in [3.05, 3.63) is 23.9 Å². The minimum absolute atomic E-state index is 0.0281. The van der Waals surface area contributed by atoms with Gasteiger partial charge in [0.25, 0.3) is 0 Å². The summed E-state index contributed by atoms with van der Waals surface area (Å²) in [6, 6.07) is 1.85. The van der Waals surface area contributed by atoms with Gasteiger partial charge >= 0.3 is 6.18 Å². The van der Waals surface area contributed by atoms with Gasteiger partial charge in [0.1, 0.15) is 6.10 Å². The van der Waals surface area contributed by atoms with E-state index in [0.29, 0.717) is 12.5 Å². The number of aromatic nitrogens is 1. The lowest BCUT2D eigenvalue weighted by Crippen LogP contribution is -2.37. The number of pyridine rings is 1. The standard InChI is InChI=1S/C11H13F3N2O/c12-11(13,14)8-1-2-16-10(5-8)17-9-3-7(4-9)6-15/h1-2,5,7,9H,3-4,6,15H2. The van der Waals surface area contributed by atoms with Crippen LogP contribution in [0.3, 0.4) is 0 Å². The van der Waals surface area contributed by atoms with Crippen LogP contribution in [0.15, 0.2) is 18.3 Å². The Hall–Kier alpha value is -1.30. The van der Waals surface area contributed by atoms with Gasteiger partial charge < -0.3 is 10.5 Å². The van der Waals surface area contributed by atoms with E-state index in [0.717, 1.165) is 31.2 Å². The summed E-state index contributed by atoms with van der Waals surface area (Å²) in [5.74, 6) is 0.450. The molecule has 1 aromatic heterocycles. The monoisotopic (exact) mass is 246 g/mol. The van der Waals surface area contributed by atoms with Gasteiger partial charge in [0.15, 0.2) is 0 Å². The maximum Gasteiger partial charge on any atom is 0.416 e. The summed E-state index contributed by atoms with van der Waals surface area (Å²) in [5.41, 5.74) is 4.71. The summed E-state index contributed by atoms with van der Waals surface area (Å²) in [4.78, 5) is 3.77. The molecule has 3 nitrogen and oxygen atoms in total. The van der Waals surface area contributed by atoms with Crippen molar-refractivity contribution in [2.24, 2.45) is 11.7 Å². The first-order valence-corrected chi connectivity index (χ1v) is 5.39. The first-order valence-electron chi connectivity index (χ1n) is 5.39. The Morgan fingerprint density at radius 2 is 2.12 bits per heavy atom. The van der Waals surface area contributed by atoms with Crippen LogP contribution < -0.4 is 10.5 Å². The van der Waals surface area contributed by atoms with E-state index in [4.69, 9.17) is 10.5 Å². The molecule has 1 fully saturated rings. The highest BCUT2D eigenvalue weighted by Crippen LogP contribution is 2.33. The number of rotatable bonds is 3. The van der Waals surface area contributed by atoms with Crippen molar-refractivity contribution >= 4 is 0 Å². The molecule has 2 N–H and O–H groups in total. The Labute approximate surface area is 96.8 Å². The molecule has 1 heterocycles. The predicted octanol–water partition coefficient (Wildman–Crippen LogP) is 2.22. The molecule has 0 aliphatic heterocycles. The van der Waals surface area contributed by atoms with Crippen molar-refractivity contribution in [3.63, 3.8) is 0 Å². The van der Waals surface area contributed by atoms with Gasteiger partial charge in [-0.2, -0.15) is 13.2 Å². The predicted molar refractivity (Wildman–Crippen MR) is 55.4 cm³/mol. The topological polar surface area (TPSA) is 48.1 Å². The smallest absolute Gasteiger partial charge is 0.416 e. The van der Waals surface area contributed by atoms with Gasteiger partial charge in [0, 0.05) is 12.3 Å². The molecule has 0 radical (unpaired) electrons. The molecule has 1 aliphatic carbocycles. The maximum absolute atomic E-state index is 12.4. The molecule has 0 spiro atoms. The molecule has 0 unspecified atom stereocenters. The number of nitrogens with zero attached hydrogens (tertiary/aromatic N) is 1. The molecule has 94 valence electrons. The van der Waals surface area contributed by atoms with Crippen molar-refractivity contribution < 1.29 is 17.9 Å². The van der Waals surface area contributed by atoms with Crippen LogP contribution in [-0.4, -0.2) is 17.6 Å². The Kier molecular flexibility index (Phi) is 3.24. The summed E-state index contributed by atoms with van der Waals surface area (Å²) in [6.07, 6.45) is -1.74. The number of halogens is 3. The molecule has 1 saturated carbocycles. The van der Waals surface area contributed by atoms with Crippen LogP contribution in [0.2, 0.25) is 0 Å². The van der Waals surface area contributed by atoms with Crippen LogP contribution in [0, 0.1) is 5.92 Å². The molecule has 0 atom stereocenters. The molecule has 0 bridgehead atoms. The zero-order valence-corrected chi connectivity index (χ0v) is 9.07. The van der Waals surface area contributed by atoms with E-state index in [1.54, 1.807) is 0 Å². The molecule has 1 aliphatic rings. The molecular weight excluding hydrogens is 233 g/mol. The number of nitrogens with two attached hydrogens (primary N) is 1. The molecular formula is C11H13F3N2O. The average molecular weight is 246 g/mol. The SMILES string of the molecule is NCC1CC(Oc2cc(C(F)(F)F)ccn2)C1. The van der Waals surface area contributed by atoms with Crippen LogP contribution in [0.4, 0.5) is 13.2 Å². The fourth-order valence-electron chi connectivity index (χ4n) is 1.78. The lowest BCUT2D eigenvalue weighted by molar-refractivity contribution is -0.137. The van der Waals surface area contributed by atoms with Crippen LogP contribution in [0.5, 0.6) is 5.88 Å². The van der Waals surface area contributed by atoms with E-state index in [2.05, 4.69) is 4.98 Å². The molecule has 0 aromatic carbocycles. The van der Waals surface area contributed by atoms with E-state index in [1.165, 1.54) is 0 Å². The second-order valence-corrected chi connectivity index (χ2v) is 4.19. The van der Waals surface area contributed by atoms with Crippen LogP contribution in [0.25, 0.3) is 0 Å². The molecule has 1 aromatic rings. The second kappa shape index (κ2) is 4.52. The molecule has 17 heavy (non-hydrogen) atoms. The Bertz CT molecular complexity index is 389. The minimum Gasteiger partial charge on any atom is -0.474 e. The van der Waals surface area contributed by atoms with Crippen molar-refractivity contribution in [2.75, 3.05) is 6.54 Å². The van der Waals surface area contributed by atoms with Gasteiger partial charge in [0.05, 0.1) is 5.56 Å². The number of hydrogen-bond donors (Lipinski definition) is 1. The third-order valence-electron chi connectivity index (χ3n) is 2.88. The normalized spacial score (nSPS) is 24.2. The van der Waals surface area contributed by atoms with E-state index in [-0.39, 0.29) is 12.0 Å². The summed E-state index contributed by atoms with van der Waals surface area (Å²) < 4.78 is 42.6. The summed E-state index contributed by atoms with van der Waals surface area (Å²) >= 11 is 0. The molecule has 0 saturated heterocycles. The van der Waals surface area contributed by atoms with Crippen molar-refractivity contribution in [1.29, 1.82) is 0 Å². The summed E-state index contributed by atoms with van der Waals surface area (Å²) in [7, 11) is 0. The maximum atomic E-state index is 12.4. The highest BCUT2D eigenvalue weighted by atomic mass is 19.4. The third-order valence-corrected chi connectivity index (χ3v) is 2.88. The number of hydrogen-bond acceptors (Lipinski definition) is 3. The second-order valence-electron chi connectivity index (χ2n) is 4.19. The minimum atomic E-state index is -4.36. The van der Waals surface area contributed by atoms with E-state index >= 15 is 0 Å². The zero-order valence-electron chi connectivity index (χ0n) is 9.07. The van der Waals surface area contributed by atoms with Gasteiger partial charge in [-0.15, -0.1) is 0 Å². The van der Waals surface area contributed by atoms with Crippen molar-refractivity contribution in [2.45, 2.75) is 25.1 Å². The average Bonchev–Trinajstić information content (AvgIpc) is 2.22. The largest absolute Gasteiger partial charge is 0.474 e. The van der Waals surface area contributed by atoms with Crippen molar-refractivity contribution in [3.8, 4) is 5.88 Å². The highest BCUT2D eigenvalue weighted by molar-refractivity contribution is 5.23. The number of alkyl halides is 3. The lowest BCUT2D eigenvalue weighted by Gasteiger charge is -2.34. The van der Waals surface area contributed by atoms with Gasteiger partial charge in [-0.3, -0.25) is 0 Å². The van der Waals surface area contributed by atoms with Gasteiger partial charge in [0.2, 0.25) is 5.88 Å². The highest BCUT2D eigenvalue weighted by Gasteiger charge is 2.33. The third kappa shape index (κ3) is 2.88. The first-order chi connectivity index (χ1) is 7.99. The fraction of sp³-hybridized carbons (Fsp3) is 0.545. The molecule has 0 amide bonds. The van der Waals surface area contributed by atoms with Gasteiger partial charge in [-0.05, 0) is 31.4 Å². The van der Waals surface area contributed by atoms with Gasteiger partial charge in [-0.25, -0.2) is 4.98 Å². The number of ether oxygens (including phenoxy) is 1. The first kappa shape index (κ1) is 12.2. The van der Waals surface area contributed by atoms with Crippen LogP contribution in [0.1, 0.15) is 18.4 Å². The van der Waals surface area contributed by atoms with E-state index in [9.17, 15) is 13.2 Å².